The van der Waals surface area contributed by atoms with E-state index >= 15 is 0 Å². The van der Waals surface area contributed by atoms with E-state index in [-0.39, 0.29) is 17.7 Å². The number of carbonyl (C=O) groups excluding carboxylic acids is 2. The van der Waals surface area contributed by atoms with E-state index in [0.717, 1.165) is 43.8 Å². The summed E-state index contributed by atoms with van der Waals surface area (Å²) in [7, 11) is 0. The molecule has 198 valence electrons. The lowest BCUT2D eigenvalue weighted by molar-refractivity contribution is 0.0982. The maximum atomic E-state index is 13.8. The zero-order valence-electron chi connectivity index (χ0n) is 21.2. The van der Waals surface area contributed by atoms with E-state index in [2.05, 4.69) is 15.3 Å². The van der Waals surface area contributed by atoms with Crippen LogP contribution in [0.5, 0.6) is 5.75 Å². The van der Waals surface area contributed by atoms with Crippen LogP contribution in [-0.2, 0) is 0 Å². The summed E-state index contributed by atoms with van der Waals surface area (Å²) in [5, 5.41) is 6.55. The molecule has 0 fully saturated rings. The van der Waals surface area contributed by atoms with Crippen molar-refractivity contribution in [1.82, 2.24) is 9.97 Å². The number of fused-ring (bicyclic) bond motifs is 5. The van der Waals surface area contributed by atoms with E-state index < -0.39 is 0 Å². The highest BCUT2D eigenvalue weighted by Gasteiger charge is 2.35. The first kappa shape index (κ1) is 24.3. The van der Waals surface area contributed by atoms with Gasteiger partial charge in [-0.3, -0.25) is 9.59 Å². The Morgan fingerprint density at radius 1 is 0.900 bits per heavy atom. The Kier molecular flexibility index (Phi) is 5.73. The zero-order valence-corrected chi connectivity index (χ0v) is 22.0. The summed E-state index contributed by atoms with van der Waals surface area (Å²) in [5.74, 6) is 6.00. The van der Waals surface area contributed by atoms with Crippen molar-refractivity contribution in [2.75, 3.05) is 22.6 Å². The molecule has 0 saturated carbocycles. The van der Waals surface area contributed by atoms with Gasteiger partial charge >= 0.3 is 0 Å². The number of para-hydroxylation sites is 1. The van der Waals surface area contributed by atoms with Crippen LogP contribution in [0.3, 0.4) is 0 Å². The number of nitrogens with one attached hydrogen (secondary N) is 3. The van der Waals surface area contributed by atoms with E-state index in [4.69, 9.17) is 22.3 Å². The van der Waals surface area contributed by atoms with Gasteiger partial charge in [0, 0.05) is 57.3 Å². The molecule has 2 aromatic heterocycles. The van der Waals surface area contributed by atoms with Gasteiger partial charge in [0.15, 0.2) is 5.75 Å². The average molecular weight is 550 g/mol. The van der Waals surface area contributed by atoms with E-state index in [1.54, 1.807) is 17.0 Å². The molecule has 0 radical (unpaired) electrons. The molecule has 4 aromatic carbocycles. The number of hydrogen-bond donors (Lipinski definition) is 4. The van der Waals surface area contributed by atoms with Gasteiger partial charge in [-0.2, -0.15) is 5.90 Å². The van der Waals surface area contributed by atoms with Crippen molar-refractivity contribution in [2.45, 2.75) is 5.92 Å². The van der Waals surface area contributed by atoms with Crippen LogP contribution in [-0.4, -0.2) is 34.2 Å². The number of hydrogen-bond acceptors (Lipinski definition) is 4. The summed E-state index contributed by atoms with van der Waals surface area (Å²) < 4.78 is 0. The van der Waals surface area contributed by atoms with Crippen molar-refractivity contribution in [1.29, 1.82) is 0 Å². The Balaban J connectivity index is 1.19. The highest BCUT2D eigenvalue weighted by Crippen LogP contribution is 2.45. The second-order valence-corrected chi connectivity index (χ2v) is 10.3. The smallest absolute Gasteiger partial charge is 0.274 e. The number of amides is 2. The van der Waals surface area contributed by atoms with Gasteiger partial charge in [-0.05, 0) is 47.3 Å². The molecule has 3 heterocycles. The van der Waals surface area contributed by atoms with Gasteiger partial charge in [0.05, 0.1) is 5.69 Å². The van der Waals surface area contributed by atoms with Gasteiger partial charge in [-0.25, -0.2) is 0 Å². The quantitative estimate of drug-likeness (QED) is 0.149. The summed E-state index contributed by atoms with van der Waals surface area (Å²) in [4.78, 5) is 40.0. The molecule has 5 N–H and O–H groups in total. The summed E-state index contributed by atoms with van der Waals surface area (Å²) in [5.41, 5.74) is 4.95. The molecule has 40 heavy (non-hydrogen) atoms. The average Bonchev–Trinajstić information content (AvgIpc) is 3.71. The number of benzene rings is 4. The van der Waals surface area contributed by atoms with Crippen molar-refractivity contribution >= 4 is 67.4 Å². The Morgan fingerprint density at radius 3 is 2.42 bits per heavy atom. The van der Waals surface area contributed by atoms with Gasteiger partial charge < -0.3 is 25.0 Å². The molecule has 9 heteroatoms. The molecular weight excluding hydrogens is 526 g/mol. The zero-order chi connectivity index (χ0) is 27.4. The number of aromatic nitrogens is 2. The molecule has 1 aliphatic heterocycles. The topological polar surface area (TPSA) is 116 Å². The van der Waals surface area contributed by atoms with E-state index in [1.807, 2.05) is 72.8 Å². The lowest BCUT2D eigenvalue weighted by atomic mass is 9.95. The second kappa shape index (κ2) is 9.44. The fraction of sp³-hybridized carbons (Fsp3) is 0.0968. The number of aromatic amines is 2. The molecule has 1 atom stereocenters. The lowest BCUT2D eigenvalue weighted by Gasteiger charge is -2.18. The number of nitrogens with zero attached hydrogens (tertiary/aromatic N) is 1. The summed E-state index contributed by atoms with van der Waals surface area (Å²) in [6.07, 6.45) is 0. The number of nitrogens with two attached hydrogens (primary N) is 1. The number of rotatable bonds is 5. The normalized spacial score (nSPS) is 14.7. The summed E-state index contributed by atoms with van der Waals surface area (Å²) in [6, 6.07) is 26.5. The van der Waals surface area contributed by atoms with Gasteiger partial charge in [0.25, 0.3) is 11.8 Å². The number of anilines is 2. The van der Waals surface area contributed by atoms with E-state index in [9.17, 15) is 9.59 Å². The molecule has 0 saturated heterocycles. The van der Waals surface area contributed by atoms with Crippen LogP contribution in [0.15, 0.2) is 84.9 Å². The standard InChI is InChI=1S/C31H24ClN5O3/c32-15-19-16-37(27-14-28(40-33)21-6-2-3-7-22(21)29(19)27)31(39)26-13-18-11-20(9-10-24(18)36-26)34-30(38)25-12-17-5-1-4-8-23(17)35-25/h1-14,19,35-36H,15-16,33H2,(H,34,38)/t19-/m1/s1. The highest BCUT2D eigenvalue weighted by atomic mass is 35.5. The first-order chi connectivity index (χ1) is 19.5. The van der Waals surface area contributed by atoms with Gasteiger partial charge in [0.2, 0.25) is 0 Å². The van der Waals surface area contributed by atoms with Crippen LogP contribution in [0.25, 0.3) is 32.6 Å². The fourth-order valence-electron chi connectivity index (χ4n) is 5.69. The van der Waals surface area contributed by atoms with Crippen LogP contribution in [0.4, 0.5) is 11.4 Å². The van der Waals surface area contributed by atoms with E-state index in [1.165, 1.54) is 0 Å². The number of H-pyrrole nitrogens is 2. The Labute approximate surface area is 233 Å². The lowest BCUT2D eigenvalue weighted by Crippen LogP contribution is -2.30. The molecule has 0 bridgehead atoms. The van der Waals surface area contributed by atoms with Crippen LogP contribution in [0.1, 0.15) is 32.5 Å². The third-order valence-electron chi connectivity index (χ3n) is 7.57. The minimum absolute atomic E-state index is 0.0341. The highest BCUT2D eigenvalue weighted by molar-refractivity contribution is 6.19. The molecule has 6 aromatic rings. The second-order valence-electron chi connectivity index (χ2n) is 9.95. The van der Waals surface area contributed by atoms with Gasteiger partial charge in [0.1, 0.15) is 11.4 Å². The monoisotopic (exact) mass is 549 g/mol. The molecule has 2 amide bonds. The molecular formula is C31H24ClN5O3. The van der Waals surface area contributed by atoms with Gasteiger partial charge in [-0.15, -0.1) is 11.6 Å². The van der Waals surface area contributed by atoms with Crippen LogP contribution >= 0.6 is 11.6 Å². The maximum Gasteiger partial charge on any atom is 0.274 e. The maximum absolute atomic E-state index is 13.8. The predicted octanol–water partition coefficient (Wildman–Crippen LogP) is 6.29. The van der Waals surface area contributed by atoms with Crippen molar-refractivity contribution in [3.05, 3.63) is 102 Å². The van der Waals surface area contributed by atoms with Crippen LogP contribution in [0, 0.1) is 0 Å². The minimum Gasteiger partial charge on any atom is -0.411 e. The molecule has 0 spiro atoms. The molecule has 0 aliphatic carbocycles. The molecule has 7 rings (SSSR count). The number of alkyl halides is 1. The third-order valence-corrected chi connectivity index (χ3v) is 7.94. The summed E-state index contributed by atoms with van der Waals surface area (Å²) in [6.45, 7) is 0.441. The van der Waals surface area contributed by atoms with Gasteiger partial charge in [-0.1, -0.05) is 42.5 Å². The molecule has 1 aliphatic rings. The Morgan fingerprint density at radius 2 is 1.62 bits per heavy atom. The van der Waals surface area contributed by atoms with Crippen LogP contribution < -0.4 is 21.0 Å². The van der Waals surface area contributed by atoms with Crippen molar-refractivity contribution in [3.8, 4) is 5.75 Å². The fourth-order valence-corrected chi connectivity index (χ4v) is 5.95. The van der Waals surface area contributed by atoms with Crippen LogP contribution in [0.2, 0.25) is 0 Å². The SMILES string of the molecule is NOc1cc2c(c3ccccc13)[C@H](CCl)CN2C(=O)c1cc2cc(NC(=O)c3cc4ccccc4[nH]3)ccc2[nH]1. The molecule has 8 nitrogen and oxygen atoms in total. The number of halogens is 1. The minimum atomic E-state index is -0.242. The van der Waals surface area contributed by atoms with Crippen molar-refractivity contribution in [2.24, 2.45) is 5.90 Å². The first-order valence-corrected chi connectivity index (χ1v) is 13.4. The van der Waals surface area contributed by atoms with E-state index in [0.29, 0.717) is 35.2 Å². The number of carbonyl (C=O) groups is 2. The summed E-state index contributed by atoms with van der Waals surface area (Å²) >= 11 is 6.38. The van der Waals surface area contributed by atoms with Crippen molar-refractivity contribution < 1.29 is 14.4 Å². The predicted molar refractivity (Wildman–Crippen MR) is 158 cm³/mol. The first-order valence-electron chi connectivity index (χ1n) is 12.9. The Bertz CT molecular complexity index is 1930. The molecule has 0 unspecified atom stereocenters. The Hall–Kier alpha value is -4.79. The van der Waals surface area contributed by atoms with Crippen molar-refractivity contribution in [3.63, 3.8) is 0 Å². The largest absolute Gasteiger partial charge is 0.411 e. The third kappa shape index (κ3) is 3.88.